The highest BCUT2D eigenvalue weighted by molar-refractivity contribution is 5.89. The number of carbonyl (C=O) groups is 1. The van der Waals surface area contributed by atoms with Crippen molar-refractivity contribution in [2.75, 3.05) is 5.32 Å². The molecule has 2 amide bonds. The Morgan fingerprint density at radius 2 is 1.61 bits per heavy atom. The molecular formula is C28H23F3N4O. The number of halogens is 3. The molecule has 0 fully saturated rings. The number of urea groups is 1. The third-order valence-corrected chi connectivity index (χ3v) is 5.65. The van der Waals surface area contributed by atoms with E-state index in [4.69, 9.17) is 5.26 Å². The van der Waals surface area contributed by atoms with Crippen molar-refractivity contribution in [3.05, 3.63) is 125 Å². The number of amides is 2. The van der Waals surface area contributed by atoms with Gasteiger partial charge >= 0.3 is 12.2 Å². The summed E-state index contributed by atoms with van der Waals surface area (Å²) in [6.07, 6.45) is -2.62. The van der Waals surface area contributed by atoms with Gasteiger partial charge in [0, 0.05) is 30.7 Å². The van der Waals surface area contributed by atoms with E-state index in [1.165, 1.54) is 6.07 Å². The quantitative estimate of drug-likeness (QED) is 0.316. The van der Waals surface area contributed by atoms with Gasteiger partial charge in [-0.3, -0.25) is 0 Å². The molecule has 0 saturated carbocycles. The Kier molecular flexibility index (Phi) is 7.40. The van der Waals surface area contributed by atoms with Crippen molar-refractivity contribution in [2.24, 2.45) is 0 Å². The maximum absolute atomic E-state index is 13.2. The van der Waals surface area contributed by atoms with E-state index in [9.17, 15) is 18.0 Å². The largest absolute Gasteiger partial charge is 0.416 e. The topological polar surface area (TPSA) is 61.1 Å². The molecule has 3 aromatic carbocycles. The Labute approximate surface area is 207 Å². The summed E-state index contributed by atoms with van der Waals surface area (Å²) in [7, 11) is 0. The molecule has 1 heterocycles. The fourth-order valence-corrected chi connectivity index (χ4v) is 3.82. The summed E-state index contributed by atoms with van der Waals surface area (Å²) >= 11 is 0. The summed E-state index contributed by atoms with van der Waals surface area (Å²) < 4.78 is 41.3. The lowest BCUT2D eigenvalue weighted by molar-refractivity contribution is -0.137. The summed E-state index contributed by atoms with van der Waals surface area (Å²) in [6, 6.07) is 26.7. The van der Waals surface area contributed by atoms with Gasteiger partial charge in [-0.2, -0.15) is 18.4 Å². The minimum atomic E-state index is -4.41. The number of rotatable bonds is 7. The van der Waals surface area contributed by atoms with E-state index in [2.05, 4.69) is 5.32 Å². The zero-order valence-electron chi connectivity index (χ0n) is 19.2. The molecule has 36 heavy (non-hydrogen) atoms. The first-order valence-electron chi connectivity index (χ1n) is 11.2. The predicted molar refractivity (Wildman–Crippen MR) is 131 cm³/mol. The summed E-state index contributed by atoms with van der Waals surface area (Å²) in [5, 5.41) is 11.9. The Morgan fingerprint density at radius 1 is 0.889 bits per heavy atom. The fourth-order valence-electron chi connectivity index (χ4n) is 3.82. The molecule has 0 saturated heterocycles. The van der Waals surface area contributed by atoms with Gasteiger partial charge in [0.05, 0.1) is 23.7 Å². The van der Waals surface area contributed by atoms with Gasteiger partial charge in [-0.1, -0.05) is 42.5 Å². The minimum absolute atomic E-state index is 0.239. The van der Waals surface area contributed by atoms with E-state index in [0.29, 0.717) is 23.4 Å². The molecule has 0 bridgehead atoms. The van der Waals surface area contributed by atoms with Crippen LogP contribution in [0.1, 0.15) is 27.9 Å². The second-order valence-corrected chi connectivity index (χ2v) is 8.29. The van der Waals surface area contributed by atoms with Crippen LogP contribution in [0.15, 0.2) is 97.2 Å². The average Bonchev–Trinajstić information content (AvgIpc) is 3.30. The van der Waals surface area contributed by atoms with Gasteiger partial charge in [0.2, 0.25) is 0 Å². The van der Waals surface area contributed by atoms with E-state index in [1.54, 1.807) is 41.4 Å². The maximum Gasteiger partial charge on any atom is 0.416 e. The van der Waals surface area contributed by atoms with Crippen molar-refractivity contribution in [1.82, 2.24) is 9.47 Å². The Hall–Kier alpha value is -4.51. The van der Waals surface area contributed by atoms with Crippen LogP contribution in [0, 0.1) is 11.3 Å². The molecule has 8 heteroatoms. The van der Waals surface area contributed by atoms with Crippen molar-refractivity contribution in [3.63, 3.8) is 0 Å². The molecule has 1 N–H and O–H groups in total. The number of benzene rings is 3. The molecule has 5 nitrogen and oxygen atoms in total. The van der Waals surface area contributed by atoms with E-state index in [1.807, 2.05) is 53.1 Å². The lowest BCUT2D eigenvalue weighted by Crippen LogP contribution is -2.34. The average molecular weight is 489 g/mol. The molecule has 1 aromatic heterocycles. The number of nitrogens with zero attached hydrogens (tertiary/aromatic N) is 3. The molecule has 182 valence electrons. The van der Waals surface area contributed by atoms with E-state index < -0.39 is 11.7 Å². The van der Waals surface area contributed by atoms with Crippen LogP contribution in [0.4, 0.5) is 23.7 Å². The zero-order chi connectivity index (χ0) is 25.5. The number of nitrogens with one attached hydrogen (secondary N) is 1. The number of aromatic nitrogens is 1. The molecule has 0 spiro atoms. The van der Waals surface area contributed by atoms with Gasteiger partial charge in [-0.05, 0) is 59.7 Å². The van der Waals surface area contributed by atoms with Crippen LogP contribution in [0.25, 0.3) is 0 Å². The Bertz CT molecular complexity index is 1360. The van der Waals surface area contributed by atoms with E-state index >= 15 is 0 Å². The Morgan fingerprint density at radius 3 is 2.31 bits per heavy atom. The van der Waals surface area contributed by atoms with Gasteiger partial charge in [-0.25, -0.2) is 4.79 Å². The first-order chi connectivity index (χ1) is 17.3. The second-order valence-electron chi connectivity index (χ2n) is 8.29. The highest BCUT2D eigenvalue weighted by Gasteiger charge is 2.30. The normalized spacial score (nSPS) is 11.1. The second kappa shape index (κ2) is 10.8. The molecule has 0 unspecified atom stereocenters. The Balaban J connectivity index is 1.55. The molecule has 0 atom stereocenters. The minimum Gasteiger partial charge on any atom is -0.345 e. The smallest absolute Gasteiger partial charge is 0.345 e. The van der Waals surface area contributed by atoms with Crippen LogP contribution in [0.3, 0.4) is 0 Å². The summed E-state index contributed by atoms with van der Waals surface area (Å²) in [6.45, 7) is 0.809. The van der Waals surface area contributed by atoms with Crippen molar-refractivity contribution in [1.29, 1.82) is 5.26 Å². The molecule has 4 rings (SSSR count). The van der Waals surface area contributed by atoms with Crippen LogP contribution in [0.5, 0.6) is 0 Å². The fraction of sp³-hybridized carbons (Fsp3) is 0.143. The van der Waals surface area contributed by atoms with E-state index in [-0.39, 0.29) is 19.1 Å². The SMILES string of the molecule is N#Cc1ccc(NC(=O)N(Cc2ccccc2)Cc2cccn2Cc2cccc(C(F)(F)F)c2)cc1. The first kappa shape index (κ1) is 24.6. The van der Waals surface area contributed by atoms with Crippen molar-refractivity contribution >= 4 is 11.7 Å². The van der Waals surface area contributed by atoms with Crippen molar-refractivity contribution < 1.29 is 18.0 Å². The van der Waals surface area contributed by atoms with Crippen molar-refractivity contribution in [2.45, 2.75) is 25.8 Å². The van der Waals surface area contributed by atoms with Crippen LogP contribution in [-0.4, -0.2) is 15.5 Å². The molecule has 0 aliphatic heterocycles. The van der Waals surface area contributed by atoms with Crippen LogP contribution >= 0.6 is 0 Å². The number of anilines is 1. The summed E-state index contributed by atoms with van der Waals surface area (Å²) in [4.78, 5) is 14.9. The lowest BCUT2D eigenvalue weighted by atomic mass is 10.1. The zero-order valence-corrected chi connectivity index (χ0v) is 19.2. The predicted octanol–water partition coefficient (Wildman–Crippen LogP) is 6.66. The maximum atomic E-state index is 13.2. The van der Waals surface area contributed by atoms with Gasteiger partial charge < -0.3 is 14.8 Å². The first-order valence-corrected chi connectivity index (χ1v) is 11.2. The molecule has 0 aliphatic carbocycles. The van der Waals surface area contributed by atoms with Gasteiger partial charge in [0.1, 0.15) is 0 Å². The standard InChI is InChI=1S/C28H23F3N4O/c29-28(30,31)24-9-4-8-23(16-24)19-34-15-5-10-26(34)20-35(18-22-6-2-1-3-7-22)27(36)33-25-13-11-21(17-32)12-14-25/h1-16H,18-20H2,(H,33,36). The highest BCUT2D eigenvalue weighted by Crippen LogP contribution is 2.29. The van der Waals surface area contributed by atoms with Gasteiger partial charge in [0.15, 0.2) is 0 Å². The van der Waals surface area contributed by atoms with Crippen LogP contribution < -0.4 is 5.32 Å². The lowest BCUT2D eigenvalue weighted by Gasteiger charge is -2.24. The molecular weight excluding hydrogens is 465 g/mol. The molecule has 4 aromatic rings. The number of alkyl halides is 3. The molecule has 0 aliphatic rings. The van der Waals surface area contributed by atoms with Gasteiger partial charge in [0.25, 0.3) is 0 Å². The number of carbonyl (C=O) groups excluding carboxylic acids is 1. The number of nitriles is 1. The third-order valence-electron chi connectivity index (χ3n) is 5.65. The summed E-state index contributed by atoms with van der Waals surface area (Å²) in [5.74, 6) is 0. The van der Waals surface area contributed by atoms with E-state index in [0.717, 1.165) is 23.4 Å². The third kappa shape index (κ3) is 6.33. The highest BCUT2D eigenvalue weighted by atomic mass is 19.4. The number of hydrogen-bond donors (Lipinski definition) is 1. The summed E-state index contributed by atoms with van der Waals surface area (Å²) in [5.41, 5.74) is 2.57. The number of hydrogen-bond acceptors (Lipinski definition) is 2. The van der Waals surface area contributed by atoms with Crippen LogP contribution in [0.2, 0.25) is 0 Å². The van der Waals surface area contributed by atoms with Crippen LogP contribution in [-0.2, 0) is 25.8 Å². The van der Waals surface area contributed by atoms with Gasteiger partial charge in [-0.15, -0.1) is 0 Å². The monoisotopic (exact) mass is 488 g/mol. The molecule has 0 radical (unpaired) electrons. The van der Waals surface area contributed by atoms with Crippen molar-refractivity contribution in [3.8, 4) is 6.07 Å².